The summed E-state index contributed by atoms with van der Waals surface area (Å²) in [5, 5.41) is 0. The van der Waals surface area contributed by atoms with Gasteiger partial charge in [0.2, 0.25) is 0 Å². The SMILES string of the molecule is CC(C)C1(C(=O)Oc2ccc(C=O)cc2)CCCC1C. The number of hydrogen-bond donors (Lipinski definition) is 0. The van der Waals surface area contributed by atoms with Crippen molar-refractivity contribution >= 4 is 12.3 Å². The van der Waals surface area contributed by atoms with Crippen LogP contribution < -0.4 is 4.74 Å². The zero-order valence-corrected chi connectivity index (χ0v) is 12.4. The van der Waals surface area contributed by atoms with E-state index in [0.717, 1.165) is 25.5 Å². The average molecular weight is 274 g/mol. The highest BCUT2D eigenvalue weighted by molar-refractivity contribution is 5.81. The summed E-state index contributed by atoms with van der Waals surface area (Å²) in [6, 6.07) is 6.68. The molecule has 0 amide bonds. The van der Waals surface area contributed by atoms with Gasteiger partial charge in [0.15, 0.2) is 0 Å². The van der Waals surface area contributed by atoms with E-state index in [2.05, 4.69) is 20.8 Å². The summed E-state index contributed by atoms with van der Waals surface area (Å²) < 4.78 is 5.58. The highest BCUT2D eigenvalue weighted by Gasteiger charge is 2.50. The Kier molecular flexibility index (Phi) is 4.26. The number of carbonyl (C=O) groups is 2. The molecule has 1 aliphatic carbocycles. The van der Waals surface area contributed by atoms with Crippen LogP contribution in [0.1, 0.15) is 50.4 Å². The van der Waals surface area contributed by atoms with Gasteiger partial charge in [-0.3, -0.25) is 9.59 Å². The summed E-state index contributed by atoms with van der Waals surface area (Å²) in [5.74, 6) is 1.00. The lowest BCUT2D eigenvalue weighted by molar-refractivity contribution is -0.151. The first kappa shape index (κ1) is 14.8. The molecule has 0 radical (unpaired) electrons. The average Bonchev–Trinajstić information content (AvgIpc) is 2.82. The van der Waals surface area contributed by atoms with Crippen LogP contribution in [0.5, 0.6) is 5.75 Å². The summed E-state index contributed by atoms with van der Waals surface area (Å²) in [5.41, 5.74) is 0.209. The minimum absolute atomic E-state index is 0.128. The van der Waals surface area contributed by atoms with Crippen LogP contribution in [-0.4, -0.2) is 12.3 Å². The number of benzene rings is 1. The van der Waals surface area contributed by atoms with Gasteiger partial charge in [-0.1, -0.05) is 27.2 Å². The molecule has 1 aromatic rings. The van der Waals surface area contributed by atoms with Crippen molar-refractivity contribution in [2.75, 3.05) is 0 Å². The predicted molar refractivity (Wildman–Crippen MR) is 77.8 cm³/mol. The highest BCUT2D eigenvalue weighted by atomic mass is 16.5. The lowest BCUT2D eigenvalue weighted by Gasteiger charge is -2.35. The Morgan fingerprint density at radius 2 is 2.00 bits per heavy atom. The molecule has 3 nitrogen and oxygen atoms in total. The Morgan fingerprint density at radius 3 is 2.45 bits per heavy atom. The molecule has 0 N–H and O–H groups in total. The van der Waals surface area contributed by atoms with Crippen molar-refractivity contribution < 1.29 is 14.3 Å². The molecule has 108 valence electrons. The van der Waals surface area contributed by atoms with Gasteiger partial charge in [0.05, 0.1) is 5.41 Å². The van der Waals surface area contributed by atoms with Gasteiger partial charge in [0.1, 0.15) is 12.0 Å². The molecule has 0 bridgehead atoms. The van der Waals surface area contributed by atoms with E-state index in [1.807, 2.05) is 0 Å². The molecule has 0 aromatic heterocycles. The van der Waals surface area contributed by atoms with Crippen LogP contribution in [0.2, 0.25) is 0 Å². The molecule has 2 rings (SSSR count). The molecular weight excluding hydrogens is 252 g/mol. The van der Waals surface area contributed by atoms with Crippen molar-refractivity contribution in [2.45, 2.75) is 40.0 Å². The van der Waals surface area contributed by atoms with Gasteiger partial charge in [-0.05, 0) is 48.9 Å². The standard InChI is InChI=1S/C17H22O3/c1-12(2)17(10-4-5-13(17)3)16(19)20-15-8-6-14(11-18)7-9-15/h6-9,11-13H,4-5,10H2,1-3H3. The number of aldehydes is 1. The minimum Gasteiger partial charge on any atom is -0.426 e. The van der Waals surface area contributed by atoms with Crippen molar-refractivity contribution in [3.05, 3.63) is 29.8 Å². The van der Waals surface area contributed by atoms with Gasteiger partial charge in [0, 0.05) is 5.56 Å². The van der Waals surface area contributed by atoms with Crippen molar-refractivity contribution in [2.24, 2.45) is 17.3 Å². The van der Waals surface area contributed by atoms with E-state index in [0.29, 0.717) is 17.2 Å². The van der Waals surface area contributed by atoms with Gasteiger partial charge in [-0.2, -0.15) is 0 Å². The molecule has 0 spiro atoms. The zero-order valence-electron chi connectivity index (χ0n) is 12.4. The number of esters is 1. The van der Waals surface area contributed by atoms with Crippen LogP contribution in [0, 0.1) is 17.3 Å². The van der Waals surface area contributed by atoms with E-state index in [1.54, 1.807) is 24.3 Å². The lowest BCUT2D eigenvalue weighted by atomic mass is 9.70. The summed E-state index contributed by atoms with van der Waals surface area (Å²) in [6.07, 6.45) is 3.84. The Hall–Kier alpha value is -1.64. The maximum atomic E-state index is 12.7. The van der Waals surface area contributed by atoms with Crippen molar-refractivity contribution in [3.63, 3.8) is 0 Å². The first-order valence-corrected chi connectivity index (χ1v) is 7.28. The van der Waals surface area contributed by atoms with Gasteiger partial charge in [-0.15, -0.1) is 0 Å². The third kappa shape index (κ3) is 2.49. The first-order valence-electron chi connectivity index (χ1n) is 7.28. The molecule has 1 aliphatic rings. The fourth-order valence-electron chi connectivity index (χ4n) is 3.42. The van der Waals surface area contributed by atoms with Gasteiger partial charge in [-0.25, -0.2) is 0 Å². The minimum atomic E-state index is -0.372. The Balaban J connectivity index is 2.18. The van der Waals surface area contributed by atoms with Crippen LogP contribution in [0.15, 0.2) is 24.3 Å². The maximum Gasteiger partial charge on any atom is 0.317 e. The van der Waals surface area contributed by atoms with Crippen molar-refractivity contribution in [1.82, 2.24) is 0 Å². The quantitative estimate of drug-likeness (QED) is 0.475. The van der Waals surface area contributed by atoms with Crippen LogP contribution in [0.3, 0.4) is 0 Å². The summed E-state index contributed by atoms with van der Waals surface area (Å²) >= 11 is 0. The third-order valence-electron chi connectivity index (χ3n) is 4.74. The molecule has 2 atom stereocenters. The second kappa shape index (κ2) is 5.78. The highest BCUT2D eigenvalue weighted by Crippen LogP contribution is 2.49. The van der Waals surface area contributed by atoms with Crippen molar-refractivity contribution in [3.8, 4) is 5.75 Å². The van der Waals surface area contributed by atoms with Crippen LogP contribution in [0.25, 0.3) is 0 Å². The van der Waals surface area contributed by atoms with E-state index in [1.165, 1.54) is 0 Å². The molecule has 1 saturated carbocycles. The Bertz CT molecular complexity index is 489. The molecule has 0 heterocycles. The summed E-state index contributed by atoms with van der Waals surface area (Å²) in [4.78, 5) is 23.3. The van der Waals surface area contributed by atoms with E-state index in [-0.39, 0.29) is 17.3 Å². The number of rotatable bonds is 4. The molecule has 1 fully saturated rings. The fraction of sp³-hybridized carbons (Fsp3) is 0.529. The predicted octanol–water partition coefficient (Wildman–Crippen LogP) is 3.87. The molecule has 1 aromatic carbocycles. The molecule has 0 saturated heterocycles. The Morgan fingerprint density at radius 1 is 1.35 bits per heavy atom. The van der Waals surface area contributed by atoms with Gasteiger partial charge < -0.3 is 4.74 Å². The maximum absolute atomic E-state index is 12.7. The number of ether oxygens (including phenoxy) is 1. The van der Waals surface area contributed by atoms with Crippen LogP contribution in [0.4, 0.5) is 0 Å². The number of hydrogen-bond acceptors (Lipinski definition) is 3. The van der Waals surface area contributed by atoms with Crippen LogP contribution >= 0.6 is 0 Å². The monoisotopic (exact) mass is 274 g/mol. The molecule has 20 heavy (non-hydrogen) atoms. The van der Waals surface area contributed by atoms with E-state index < -0.39 is 0 Å². The lowest BCUT2D eigenvalue weighted by Crippen LogP contribution is -2.41. The third-order valence-corrected chi connectivity index (χ3v) is 4.74. The summed E-state index contributed by atoms with van der Waals surface area (Å²) in [6.45, 7) is 6.33. The Labute approximate surface area is 120 Å². The van der Waals surface area contributed by atoms with Gasteiger partial charge in [0.25, 0.3) is 0 Å². The molecule has 0 aliphatic heterocycles. The zero-order chi connectivity index (χ0) is 14.8. The number of carbonyl (C=O) groups excluding carboxylic acids is 2. The molecular formula is C17H22O3. The first-order chi connectivity index (χ1) is 9.50. The van der Waals surface area contributed by atoms with E-state index in [9.17, 15) is 9.59 Å². The van der Waals surface area contributed by atoms with Crippen LogP contribution in [-0.2, 0) is 4.79 Å². The molecule has 2 unspecified atom stereocenters. The normalized spacial score (nSPS) is 25.7. The topological polar surface area (TPSA) is 43.4 Å². The van der Waals surface area contributed by atoms with E-state index >= 15 is 0 Å². The second-order valence-corrected chi connectivity index (χ2v) is 6.06. The molecule has 3 heteroatoms. The smallest absolute Gasteiger partial charge is 0.317 e. The van der Waals surface area contributed by atoms with Crippen molar-refractivity contribution in [1.29, 1.82) is 0 Å². The van der Waals surface area contributed by atoms with Gasteiger partial charge >= 0.3 is 5.97 Å². The summed E-state index contributed by atoms with van der Waals surface area (Å²) in [7, 11) is 0. The second-order valence-electron chi connectivity index (χ2n) is 6.06. The fourth-order valence-corrected chi connectivity index (χ4v) is 3.42. The van der Waals surface area contributed by atoms with E-state index in [4.69, 9.17) is 4.74 Å². The largest absolute Gasteiger partial charge is 0.426 e.